The summed E-state index contributed by atoms with van der Waals surface area (Å²) in [7, 11) is 2.01. The molecule has 4 heterocycles. The highest BCUT2D eigenvalue weighted by Crippen LogP contribution is 2.25. The zero-order valence-electron chi connectivity index (χ0n) is 17.4. The molecule has 1 aliphatic rings. The van der Waals surface area contributed by atoms with E-state index in [-0.39, 0.29) is 12.1 Å². The third-order valence-electron chi connectivity index (χ3n) is 5.49. The van der Waals surface area contributed by atoms with Gasteiger partial charge in [-0.25, -0.2) is 19.3 Å². The van der Waals surface area contributed by atoms with Crippen molar-refractivity contribution in [3.63, 3.8) is 0 Å². The van der Waals surface area contributed by atoms with Crippen molar-refractivity contribution in [3.8, 4) is 11.4 Å². The van der Waals surface area contributed by atoms with Crippen LogP contribution in [0.4, 0.5) is 10.6 Å². The van der Waals surface area contributed by atoms with Crippen LogP contribution in [-0.4, -0.2) is 68.3 Å². The number of likely N-dealkylation sites (tertiary alicyclic amines) is 1. The first-order valence-corrected chi connectivity index (χ1v) is 10.4. The Morgan fingerprint density at radius 2 is 2.23 bits per heavy atom. The summed E-state index contributed by atoms with van der Waals surface area (Å²) in [5, 5.41) is 4.34. The van der Waals surface area contributed by atoms with Crippen LogP contribution in [0.25, 0.3) is 16.9 Å². The Balaban J connectivity index is 1.49. The average molecular weight is 409 g/mol. The first-order valence-electron chi connectivity index (χ1n) is 10.4. The summed E-state index contributed by atoms with van der Waals surface area (Å²) in [6, 6.07) is 2.07. The first-order chi connectivity index (χ1) is 14.7. The van der Waals surface area contributed by atoms with Crippen molar-refractivity contribution in [3.05, 3.63) is 37.1 Å². The van der Waals surface area contributed by atoms with Gasteiger partial charge in [0.1, 0.15) is 5.82 Å². The fourth-order valence-corrected chi connectivity index (χ4v) is 3.70. The normalized spacial score (nSPS) is 16.6. The van der Waals surface area contributed by atoms with Crippen molar-refractivity contribution in [1.29, 1.82) is 0 Å². The van der Waals surface area contributed by atoms with Crippen LogP contribution in [0.1, 0.15) is 32.6 Å². The van der Waals surface area contributed by atoms with Gasteiger partial charge in [0.2, 0.25) is 0 Å². The quantitative estimate of drug-likeness (QED) is 0.578. The first kappa shape index (κ1) is 20.1. The maximum Gasteiger partial charge on any atom is 0.409 e. The Morgan fingerprint density at radius 1 is 1.33 bits per heavy atom. The Morgan fingerprint density at radius 3 is 3.10 bits per heavy atom. The molecule has 30 heavy (non-hydrogen) atoms. The molecule has 3 aromatic rings. The number of anilines is 1. The molecule has 0 bridgehead atoms. The highest BCUT2D eigenvalue weighted by Gasteiger charge is 2.28. The standard InChI is InChI=1S/C21H27N7O2/c1-3-4-12-30-21(29)27-10-5-6-16(15-27)26(2)19-7-8-23-20(25-19)17-13-24-28-11-9-22-14-18(17)28/h7-9,11,13-14,16H,3-6,10,12,15H2,1-2H3/t16-/m1/s1. The number of amides is 1. The third kappa shape index (κ3) is 4.19. The molecule has 0 unspecified atom stereocenters. The smallest absolute Gasteiger partial charge is 0.409 e. The second-order valence-electron chi connectivity index (χ2n) is 7.52. The van der Waals surface area contributed by atoms with Crippen molar-refractivity contribution < 1.29 is 9.53 Å². The number of aromatic nitrogens is 5. The van der Waals surface area contributed by atoms with Gasteiger partial charge >= 0.3 is 6.09 Å². The average Bonchev–Trinajstić information content (AvgIpc) is 3.23. The maximum atomic E-state index is 12.4. The van der Waals surface area contributed by atoms with Crippen LogP contribution < -0.4 is 4.90 Å². The minimum Gasteiger partial charge on any atom is -0.449 e. The number of hydrogen-bond donors (Lipinski definition) is 0. The van der Waals surface area contributed by atoms with E-state index < -0.39 is 0 Å². The predicted octanol–water partition coefficient (Wildman–Crippen LogP) is 3.02. The molecular formula is C21H27N7O2. The molecule has 1 atom stereocenters. The molecule has 4 rings (SSSR count). The molecule has 0 spiro atoms. The number of hydrogen-bond acceptors (Lipinski definition) is 7. The van der Waals surface area contributed by atoms with E-state index >= 15 is 0 Å². The lowest BCUT2D eigenvalue weighted by Crippen LogP contribution is -2.49. The minimum absolute atomic E-state index is 0.172. The summed E-state index contributed by atoms with van der Waals surface area (Å²) in [6.07, 6.45) is 12.4. The number of piperidine rings is 1. The van der Waals surface area contributed by atoms with E-state index in [4.69, 9.17) is 9.72 Å². The fourth-order valence-electron chi connectivity index (χ4n) is 3.70. The molecule has 0 aliphatic carbocycles. The number of carbonyl (C=O) groups excluding carboxylic acids is 1. The molecule has 1 fully saturated rings. The molecule has 1 amide bonds. The number of ether oxygens (including phenoxy) is 1. The van der Waals surface area contributed by atoms with Crippen LogP contribution in [0.5, 0.6) is 0 Å². The molecule has 1 aliphatic heterocycles. The molecule has 0 N–H and O–H groups in total. The highest BCUT2D eigenvalue weighted by molar-refractivity contribution is 5.75. The zero-order chi connectivity index (χ0) is 20.9. The van der Waals surface area contributed by atoms with Gasteiger partial charge in [-0.2, -0.15) is 5.10 Å². The van der Waals surface area contributed by atoms with E-state index in [0.717, 1.165) is 49.1 Å². The summed E-state index contributed by atoms with van der Waals surface area (Å²) >= 11 is 0. The SMILES string of the molecule is CCCCOC(=O)N1CCC[C@@H](N(C)c2ccnc(-c3cnn4ccncc34)n2)C1. The van der Waals surface area contributed by atoms with E-state index in [0.29, 0.717) is 19.0 Å². The van der Waals surface area contributed by atoms with Crippen LogP contribution in [0.15, 0.2) is 37.1 Å². The molecule has 0 radical (unpaired) electrons. The van der Waals surface area contributed by atoms with Crippen LogP contribution in [0.2, 0.25) is 0 Å². The van der Waals surface area contributed by atoms with Crippen molar-refractivity contribution >= 4 is 17.4 Å². The molecule has 9 nitrogen and oxygen atoms in total. The van der Waals surface area contributed by atoms with Gasteiger partial charge in [-0.15, -0.1) is 0 Å². The zero-order valence-corrected chi connectivity index (χ0v) is 17.4. The number of unbranched alkanes of at least 4 members (excludes halogenated alkanes) is 1. The molecular weight excluding hydrogens is 382 g/mol. The van der Waals surface area contributed by atoms with Crippen molar-refractivity contribution in [2.24, 2.45) is 0 Å². The number of likely N-dealkylation sites (N-methyl/N-ethyl adjacent to an activating group) is 1. The van der Waals surface area contributed by atoms with E-state index in [1.54, 1.807) is 40.4 Å². The fraction of sp³-hybridized carbons (Fsp3) is 0.476. The second-order valence-corrected chi connectivity index (χ2v) is 7.52. The van der Waals surface area contributed by atoms with Gasteiger partial charge < -0.3 is 14.5 Å². The summed E-state index contributed by atoms with van der Waals surface area (Å²) < 4.78 is 7.15. The Hall–Kier alpha value is -3.23. The lowest BCUT2D eigenvalue weighted by atomic mass is 10.0. The summed E-state index contributed by atoms with van der Waals surface area (Å²) in [5.41, 5.74) is 1.69. The van der Waals surface area contributed by atoms with Gasteiger partial charge in [0.25, 0.3) is 0 Å². The Bertz CT molecular complexity index is 1010. The number of nitrogens with zero attached hydrogens (tertiary/aromatic N) is 7. The van der Waals surface area contributed by atoms with Crippen LogP contribution in [0, 0.1) is 0 Å². The maximum absolute atomic E-state index is 12.4. The van der Waals surface area contributed by atoms with E-state index in [1.807, 2.05) is 13.1 Å². The van der Waals surface area contributed by atoms with Gasteiger partial charge in [-0.3, -0.25) is 4.98 Å². The predicted molar refractivity (Wildman–Crippen MR) is 113 cm³/mol. The number of rotatable bonds is 6. The monoisotopic (exact) mass is 409 g/mol. The van der Waals surface area contributed by atoms with Crippen LogP contribution in [0.3, 0.4) is 0 Å². The molecule has 9 heteroatoms. The summed E-state index contributed by atoms with van der Waals surface area (Å²) in [4.78, 5) is 29.7. The Labute approximate surface area is 175 Å². The minimum atomic E-state index is -0.219. The van der Waals surface area contributed by atoms with Gasteiger partial charge in [0, 0.05) is 44.8 Å². The summed E-state index contributed by atoms with van der Waals surface area (Å²) in [6.45, 7) is 3.93. The van der Waals surface area contributed by atoms with Gasteiger partial charge in [0.15, 0.2) is 5.82 Å². The second kappa shape index (κ2) is 9.06. The topological polar surface area (TPSA) is 88.8 Å². The van der Waals surface area contributed by atoms with E-state index in [1.165, 1.54) is 0 Å². The lowest BCUT2D eigenvalue weighted by molar-refractivity contribution is 0.0904. The highest BCUT2D eigenvalue weighted by atomic mass is 16.6. The van der Waals surface area contributed by atoms with Crippen LogP contribution >= 0.6 is 0 Å². The van der Waals surface area contributed by atoms with E-state index in [2.05, 4.69) is 26.9 Å². The number of carbonyl (C=O) groups is 1. The van der Waals surface area contributed by atoms with Crippen molar-refractivity contribution in [2.75, 3.05) is 31.6 Å². The molecule has 0 saturated carbocycles. The number of fused-ring (bicyclic) bond motifs is 1. The summed E-state index contributed by atoms with van der Waals surface area (Å²) in [5.74, 6) is 1.42. The van der Waals surface area contributed by atoms with Crippen molar-refractivity contribution in [2.45, 2.75) is 38.6 Å². The molecule has 3 aromatic heterocycles. The van der Waals surface area contributed by atoms with Gasteiger partial charge in [0.05, 0.1) is 30.1 Å². The third-order valence-corrected chi connectivity index (χ3v) is 5.49. The largest absolute Gasteiger partial charge is 0.449 e. The molecule has 158 valence electrons. The lowest BCUT2D eigenvalue weighted by Gasteiger charge is -2.37. The van der Waals surface area contributed by atoms with Gasteiger partial charge in [-0.05, 0) is 25.3 Å². The molecule has 0 aromatic carbocycles. The van der Waals surface area contributed by atoms with Crippen molar-refractivity contribution in [1.82, 2.24) is 29.5 Å². The Kier molecular flexibility index (Phi) is 6.06. The van der Waals surface area contributed by atoms with Crippen LogP contribution in [-0.2, 0) is 4.74 Å². The van der Waals surface area contributed by atoms with Gasteiger partial charge in [-0.1, -0.05) is 13.3 Å². The molecule has 1 saturated heterocycles. The van der Waals surface area contributed by atoms with E-state index in [9.17, 15) is 4.79 Å².